The number of aromatic nitrogens is 1. The lowest BCUT2D eigenvalue weighted by atomic mass is 10.2. The van der Waals surface area contributed by atoms with E-state index in [0.29, 0.717) is 23.0 Å². The van der Waals surface area contributed by atoms with Crippen LogP contribution >= 0.6 is 11.6 Å². The number of benzene rings is 1. The summed E-state index contributed by atoms with van der Waals surface area (Å²) in [6.45, 7) is 0.762. The van der Waals surface area contributed by atoms with Gasteiger partial charge in [-0.05, 0) is 18.7 Å². The van der Waals surface area contributed by atoms with Crippen molar-refractivity contribution in [2.24, 2.45) is 0 Å². The Morgan fingerprint density at radius 3 is 2.84 bits per heavy atom. The molecule has 0 radical (unpaired) electrons. The van der Waals surface area contributed by atoms with Gasteiger partial charge in [-0.2, -0.15) is 0 Å². The molecule has 100 valence electrons. The molecule has 0 saturated heterocycles. The number of nitrogens with zero attached hydrogens (tertiary/aromatic N) is 1. The second kappa shape index (κ2) is 6.50. The van der Waals surface area contributed by atoms with E-state index < -0.39 is 0 Å². The smallest absolute Gasteiger partial charge is 0.213 e. The lowest BCUT2D eigenvalue weighted by Crippen LogP contribution is -2.07. The molecule has 0 aliphatic heterocycles. The van der Waals surface area contributed by atoms with Crippen LogP contribution in [0.3, 0.4) is 0 Å². The molecule has 0 unspecified atom stereocenters. The first-order valence-corrected chi connectivity index (χ1v) is 6.23. The van der Waals surface area contributed by atoms with Crippen molar-refractivity contribution in [3.8, 4) is 5.88 Å². The summed E-state index contributed by atoms with van der Waals surface area (Å²) in [4.78, 5) is 4.06. The summed E-state index contributed by atoms with van der Waals surface area (Å²) >= 11 is 6.00. The van der Waals surface area contributed by atoms with Gasteiger partial charge >= 0.3 is 0 Å². The molecule has 0 saturated carbocycles. The molecule has 1 heterocycles. The van der Waals surface area contributed by atoms with Gasteiger partial charge in [-0.3, -0.25) is 0 Å². The maximum atomic E-state index is 13.4. The Morgan fingerprint density at radius 2 is 2.11 bits per heavy atom. The number of pyridine rings is 1. The quantitative estimate of drug-likeness (QED) is 0.913. The van der Waals surface area contributed by atoms with Gasteiger partial charge in [0.2, 0.25) is 5.88 Å². The molecule has 1 aromatic heterocycles. The van der Waals surface area contributed by atoms with Gasteiger partial charge in [-0.15, -0.1) is 0 Å². The number of nitrogens with one attached hydrogen (secondary N) is 1. The topological polar surface area (TPSA) is 34.1 Å². The van der Waals surface area contributed by atoms with Crippen LogP contribution in [0.5, 0.6) is 5.88 Å². The van der Waals surface area contributed by atoms with Crippen LogP contribution in [-0.4, -0.2) is 12.0 Å². The Bertz CT molecular complexity index is 563. The number of halogens is 2. The summed E-state index contributed by atoms with van der Waals surface area (Å²) in [5.74, 6) is 0.143. The number of hydrogen-bond donors (Lipinski definition) is 1. The van der Waals surface area contributed by atoms with Crippen molar-refractivity contribution in [3.63, 3.8) is 0 Å². The number of rotatable bonds is 5. The Hall–Kier alpha value is -1.65. The van der Waals surface area contributed by atoms with Gasteiger partial charge in [0.15, 0.2) is 0 Å². The standard InChI is InChI=1S/C14H14ClFN2O/c1-17-7-11-6-14(18-8-12(11)15)19-9-10-4-2-3-5-13(10)16/h2-6,8,17H,7,9H2,1H3. The summed E-state index contributed by atoms with van der Waals surface area (Å²) in [5.41, 5.74) is 1.39. The zero-order chi connectivity index (χ0) is 13.7. The van der Waals surface area contributed by atoms with Gasteiger partial charge in [0, 0.05) is 24.4 Å². The first-order chi connectivity index (χ1) is 9.20. The molecular formula is C14H14ClFN2O. The minimum absolute atomic E-state index is 0.139. The molecule has 3 nitrogen and oxygen atoms in total. The van der Waals surface area contributed by atoms with Gasteiger partial charge in [0.1, 0.15) is 12.4 Å². The maximum Gasteiger partial charge on any atom is 0.213 e. The third-order valence-corrected chi connectivity index (χ3v) is 2.95. The highest BCUT2D eigenvalue weighted by molar-refractivity contribution is 6.31. The molecule has 1 aromatic carbocycles. The molecule has 1 N–H and O–H groups in total. The molecule has 19 heavy (non-hydrogen) atoms. The highest BCUT2D eigenvalue weighted by Gasteiger charge is 2.06. The fraction of sp³-hybridized carbons (Fsp3) is 0.214. The van der Waals surface area contributed by atoms with Gasteiger partial charge < -0.3 is 10.1 Å². The molecule has 2 aromatic rings. The lowest BCUT2D eigenvalue weighted by molar-refractivity contribution is 0.287. The number of ether oxygens (including phenoxy) is 1. The van der Waals surface area contributed by atoms with Crippen molar-refractivity contribution in [3.05, 3.63) is 58.5 Å². The molecule has 0 spiro atoms. The lowest BCUT2D eigenvalue weighted by Gasteiger charge is -2.09. The third kappa shape index (κ3) is 3.66. The predicted molar refractivity (Wildman–Crippen MR) is 72.7 cm³/mol. The summed E-state index contributed by atoms with van der Waals surface area (Å²) in [6.07, 6.45) is 1.53. The van der Waals surface area contributed by atoms with E-state index in [-0.39, 0.29) is 12.4 Å². The normalized spacial score (nSPS) is 10.5. The molecule has 0 aliphatic rings. The van der Waals surface area contributed by atoms with Crippen LogP contribution in [0.25, 0.3) is 0 Å². The van der Waals surface area contributed by atoms with Crippen LogP contribution in [0.15, 0.2) is 36.5 Å². The minimum atomic E-state index is -0.285. The summed E-state index contributed by atoms with van der Waals surface area (Å²) in [6, 6.07) is 8.24. The first kappa shape index (κ1) is 13.8. The van der Waals surface area contributed by atoms with E-state index in [4.69, 9.17) is 16.3 Å². The highest BCUT2D eigenvalue weighted by Crippen LogP contribution is 2.20. The number of hydrogen-bond acceptors (Lipinski definition) is 3. The molecule has 2 rings (SSSR count). The Kier molecular flexibility index (Phi) is 4.71. The van der Waals surface area contributed by atoms with E-state index in [2.05, 4.69) is 10.3 Å². The average Bonchev–Trinajstić information content (AvgIpc) is 2.41. The van der Waals surface area contributed by atoms with Crippen LogP contribution in [0.1, 0.15) is 11.1 Å². The maximum absolute atomic E-state index is 13.4. The molecule has 0 amide bonds. The van der Waals surface area contributed by atoms with Gasteiger partial charge in [-0.1, -0.05) is 29.8 Å². The zero-order valence-corrected chi connectivity index (χ0v) is 11.2. The van der Waals surface area contributed by atoms with E-state index >= 15 is 0 Å². The molecule has 0 fully saturated rings. The Balaban J connectivity index is 2.07. The zero-order valence-electron chi connectivity index (χ0n) is 10.5. The minimum Gasteiger partial charge on any atom is -0.473 e. The summed E-state index contributed by atoms with van der Waals surface area (Å²) < 4.78 is 18.9. The van der Waals surface area contributed by atoms with Crippen molar-refractivity contribution in [1.82, 2.24) is 10.3 Å². The SMILES string of the molecule is CNCc1cc(OCc2ccccc2F)ncc1Cl. The van der Waals surface area contributed by atoms with Crippen LogP contribution in [0.2, 0.25) is 5.02 Å². The van der Waals surface area contributed by atoms with E-state index in [9.17, 15) is 4.39 Å². The molecule has 0 atom stereocenters. The van der Waals surface area contributed by atoms with Crippen molar-refractivity contribution in [2.45, 2.75) is 13.2 Å². The van der Waals surface area contributed by atoms with Crippen LogP contribution in [0, 0.1) is 5.82 Å². The molecule has 0 aliphatic carbocycles. The van der Waals surface area contributed by atoms with Crippen LogP contribution in [0.4, 0.5) is 4.39 Å². The van der Waals surface area contributed by atoms with Crippen molar-refractivity contribution < 1.29 is 9.13 Å². The van der Waals surface area contributed by atoms with Crippen molar-refractivity contribution in [2.75, 3.05) is 7.05 Å². The third-order valence-electron chi connectivity index (χ3n) is 2.61. The molecular weight excluding hydrogens is 267 g/mol. The summed E-state index contributed by atoms with van der Waals surface area (Å²) in [7, 11) is 1.83. The second-order valence-corrected chi connectivity index (χ2v) is 4.43. The van der Waals surface area contributed by atoms with Crippen molar-refractivity contribution >= 4 is 11.6 Å². The highest BCUT2D eigenvalue weighted by atomic mass is 35.5. The van der Waals surface area contributed by atoms with Gasteiger partial charge in [0.05, 0.1) is 5.02 Å². The van der Waals surface area contributed by atoms with Gasteiger partial charge in [-0.25, -0.2) is 9.37 Å². The monoisotopic (exact) mass is 280 g/mol. The van der Waals surface area contributed by atoms with E-state index in [1.165, 1.54) is 12.3 Å². The van der Waals surface area contributed by atoms with Crippen LogP contribution in [-0.2, 0) is 13.2 Å². The van der Waals surface area contributed by atoms with E-state index in [1.54, 1.807) is 24.3 Å². The largest absolute Gasteiger partial charge is 0.473 e. The van der Waals surface area contributed by atoms with Crippen LogP contribution < -0.4 is 10.1 Å². The Labute approximate surface area is 116 Å². The fourth-order valence-corrected chi connectivity index (χ4v) is 1.80. The van der Waals surface area contributed by atoms with E-state index in [1.807, 2.05) is 7.05 Å². The van der Waals surface area contributed by atoms with Gasteiger partial charge in [0.25, 0.3) is 0 Å². The average molecular weight is 281 g/mol. The Morgan fingerprint density at radius 1 is 1.32 bits per heavy atom. The van der Waals surface area contributed by atoms with E-state index in [0.717, 1.165) is 5.56 Å². The second-order valence-electron chi connectivity index (χ2n) is 4.02. The molecule has 5 heteroatoms. The molecule has 0 bridgehead atoms. The van der Waals surface area contributed by atoms with Crippen molar-refractivity contribution in [1.29, 1.82) is 0 Å². The predicted octanol–water partition coefficient (Wildman–Crippen LogP) is 3.17. The fourth-order valence-electron chi connectivity index (χ4n) is 1.63. The summed E-state index contributed by atoms with van der Waals surface area (Å²) in [5, 5.41) is 3.58. The first-order valence-electron chi connectivity index (χ1n) is 5.86.